The Morgan fingerprint density at radius 2 is 1.31 bits per heavy atom. The summed E-state index contributed by atoms with van der Waals surface area (Å²) in [5.41, 5.74) is 11.9. The Kier molecular flexibility index (Phi) is 7.83. The molecule has 0 aliphatic rings. The van der Waals surface area contributed by atoms with Gasteiger partial charge in [0.2, 0.25) is 0 Å². The SMILES string of the molecule is CCCOc1c(CC)cccc1Cc1c(N)ccc(CC)c1OCCC. The largest absolute Gasteiger partial charge is 0.493 e. The number of para-hydroxylation sites is 1. The number of nitrogens with two attached hydrogens (primary N) is 1. The van der Waals surface area contributed by atoms with Crippen molar-refractivity contribution in [2.24, 2.45) is 0 Å². The lowest BCUT2D eigenvalue weighted by molar-refractivity contribution is 0.308. The Labute approximate surface area is 158 Å². The predicted octanol–water partition coefficient (Wildman–Crippen LogP) is 5.56. The molecule has 0 saturated heterocycles. The van der Waals surface area contributed by atoms with Gasteiger partial charge in [0.1, 0.15) is 11.5 Å². The summed E-state index contributed by atoms with van der Waals surface area (Å²) in [7, 11) is 0. The van der Waals surface area contributed by atoms with Gasteiger partial charge in [0, 0.05) is 17.7 Å². The van der Waals surface area contributed by atoms with Crippen molar-refractivity contribution >= 4 is 5.69 Å². The van der Waals surface area contributed by atoms with Crippen molar-refractivity contribution in [3.8, 4) is 11.5 Å². The highest BCUT2D eigenvalue weighted by molar-refractivity contribution is 5.60. The van der Waals surface area contributed by atoms with Crippen LogP contribution < -0.4 is 15.2 Å². The summed E-state index contributed by atoms with van der Waals surface area (Å²) in [4.78, 5) is 0. The van der Waals surface area contributed by atoms with Crippen molar-refractivity contribution in [1.82, 2.24) is 0 Å². The molecule has 0 aromatic heterocycles. The third kappa shape index (κ3) is 4.72. The molecule has 142 valence electrons. The first-order valence-electron chi connectivity index (χ1n) is 9.92. The second-order valence-corrected chi connectivity index (χ2v) is 6.61. The van der Waals surface area contributed by atoms with Gasteiger partial charge in [-0.15, -0.1) is 0 Å². The lowest BCUT2D eigenvalue weighted by Crippen LogP contribution is -2.08. The zero-order valence-corrected chi connectivity index (χ0v) is 16.7. The van der Waals surface area contributed by atoms with Crippen LogP contribution >= 0.6 is 0 Å². The third-order valence-electron chi connectivity index (χ3n) is 4.59. The molecule has 2 aromatic rings. The van der Waals surface area contributed by atoms with Gasteiger partial charge in [-0.25, -0.2) is 0 Å². The molecule has 0 aliphatic heterocycles. The molecule has 2 rings (SSSR count). The van der Waals surface area contributed by atoms with Gasteiger partial charge in [0.15, 0.2) is 0 Å². The molecule has 0 unspecified atom stereocenters. The Hall–Kier alpha value is -2.16. The molecule has 2 N–H and O–H groups in total. The number of nitrogen functional groups attached to an aromatic ring is 1. The number of anilines is 1. The van der Waals surface area contributed by atoms with Crippen LogP contribution in [0, 0.1) is 0 Å². The van der Waals surface area contributed by atoms with Crippen LogP contribution in [0.3, 0.4) is 0 Å². The van der Waals surface area contributed by atoms with E-state index in [0.29, 0.717) is 6.61 Å². The van der Waals surface area contributed by atoms with Crippen LogP contribution in [-0.2, 0) is 19.3 Å². The molecule has 0 spiro atoms. The van der Waals surface area contributed by atoms with Crippen LogP contribution in [0.25, 0.3) is 0 Å². The zero-order chi connectivity index (χ0) is 18.9. The van der Waals surface area contributed by atoms with Crippen LogP contribution in [0.5, 0.6) is 11.5 Å². The minimum absolute atomic E-state index is 0.706. The lowest BCUT2D eigenvalue weighted by atomic mass is 9.96. The van der Waals surface area contributed by atoms with E-state index >= 15 is 0 Å². The highest BCUT2D eigenvalue weighted by Gasteiger charge is 2.17. The second kappa shape index (κ2) is 10.1. The first-order chi connectivity index (χ1) is 12.7. The summed E-state index contributed by atoms with van der Waals surface area (Å²) in [5.74, 6) is 1.97. The minimum atomic E-state index is 0.706. The summed E-state index contributed by atoms with van der Waals surface area (Å²) < 4.78 is 12.2. The van der Waals surface area contributed by atoms with Gasteiger partial charge < -0.3 is 15.2 Å². The summed E-state index contributed by atoms with van der Waals surface area (Å²) in [5, 5.41) is 0. The van der Waals surface area contributed by atoms with Gasteiger partial charge in [-0.3, -0.25) is 0 Å². The van der Waals surface area contributed by atoms with Gasteiger partial charge in [-0.05, 0) is 48.4 Å². The number of hydrogen-bond donors (Lipinski definition) is 1. The maximum absolute atomic E-state index is 6.36. The second-order valence-electron chi connectivity index (χ2n) is 6.61. The van der Waals surface area contributed by atoms with Gasteiger partial charge in [-0.2, -0.15) is 0 Å². The van der Waals surface area contributed by atoms with E-state index in [2.05, 4.69) is 52.0 Å². The fourth-order valence-corrected chi connectivity index (χ4v) is 3.17. The highest BCUT2D eigenvalue weighted by Crippen LogP contribution is 2.35. The first-order valence-corrected chi connectivity index (χ1v) is 9.92. The molecule has 0 radical (unpaired) electrons. The molecule has 0 amide bonds. The van der Waals surface area contributed by atoms with Gasteiger partial charge in [0.05, 0.1) is 13.2 Å². The molecule has 0 fully saturated rings. The minimum Gasteiger partial charge on any atom is -0.493 e. The number of benzene rings is 2. The van der Waals surface area contributed by atoms with E-state index in [1.807, 2.05) is 6.07 Å². The van der Waals surface area contributed by atoms with Crippen molar-refractivity contribution in [3.63, 3.8) is 0 Å². The Balaban J connectivity index is 2.47. The Morgan fingerprint density at radius 3 is 1.92 bits per heavy atom. The molecule has 0 bridgehead atoms. The average molecular weight is 356 g/mol. The maximum atomic E-state index is 6.36. The van der Waals surface area contributed by atoms with Crippen LogP contribution in [0.2, 0.25) is 0 Å². The van der Waals surface area contributed by atoms with Crippen LogP contribution in [-0.4, -0.2) is 13.2 Å². The quantitative estimate of drug-likeness (QED) is 0.567. The maximum Gasteiger partial charge on any atom is 0.128 e. The smallest absolute Gasteiger partial charge is 0.128 e. The fraction of sp³-hybridized carbons (Fsp3) is 0.478. The molecule has 0 aliphatic carbocycles. The molecule has 26 heavy (non-hydrogen) atoms. The highest BCUT2D eigenvalue weighted by atomic mass is 16.5. The summed E-state index contributed by atoms with van der Waals surface area (Å²) >= 11 is 0. The van der Waals surface area contributed by atoms with E-state index in [4.69, 9.17) is 15.2 Å². The molecule has 0 heterocycles. The van der Waals surface area contributed by atoms with Gasteiger partial charge >= 0.3 is 0 Å². The van der Waals surface area contributed by atoms with E-state index in [-0.39, 0.29) is 0 Å². The molecular formula is C23H33NO2. The average Bonchev–Trinajstić information content (AvgIpc) is 2.67. The van der Waals surface area contributed by atoms with Crippen molar-refractivity contribution < 1.29 is 9.47 Å². The van der Waals surface area contributed by atoms with E-state index in [9.17, 15) is 0 Å². The number of hydrogen-bond acceptors (Lipinski definition) is 3. The normalized spacial score (nSPS) is 10.8. The van der Waals surface area contributed by atoms with Gasteiger partial charge in [-0.1, -0.05) is 52.0 Å². The third-order valence-corrected chi connectivity index (χ3v) is 4.59. The van der Waals surface area contributed by atoms with Crippen LogP contribution in [0.4, 0.5) is 5.69 Å². The predicted molar refractivity (Wildman–Crippen MR) is 110 cm³/mol. The van der Waals surface area contributed by atoms with Crippen LogP contribution in [0.1, 0.15) is 62.8 Å². The number of rotatable bonds is 10. The monoisotopic (exact) mass is 355 g/mol. The fourth-order valence-electron chi connectivity index (χ4n) is 3.17. The van der Waals surface area contributed by atoms with Crippen molar-refractivity contribution in [2.75, 3.05) is 18.9 Å². The van der Waals surface area contributed by atoms with Crippen molar-refractivity contribution in [1.29, 1.82) is 0 Å². The van der Waals surface area contributed by atoms with E-state index in [0.717, 1.165) is 61.5 Å². The Morgan fingerprint density at radius 1 is 0.731 bits per heavy atom. The molecule has 3 heteroatoms. The first kappa shape index (κ1) is 20.2. The van der Waals surface area contributed by atoms with Crippen molar-refractivity contribution in [2.45, 2.75) is 59.8 Å². The van der Waals surface area contributed by atoms with E-state index < -0.39 is 0 Å². The standard InChI is InChI=1S/C23H33NO2/c1-5-14-25-22-17(7-3)10-9-11-19(22)16-20-21(24)13-12-18(8-4)23(20)26-15-6-2/h9-13H,5-8,14-16,24H2,1-4H3. The van der Waals surface area contributed by atoms with E-state index in [1.165, 1.54) is 16.7 Å². The lowest BCUT2D eigenvalue weighted by Gasteiger charge is -2.20. The summed E-state index contributed by atoms with van der Waals surface area (Å²) in [6.45, 7) is 10.0. The summed E-state index contributed by atoms with van der Waals surface area (Å²) in [6, 6.07) is 10.5. The molecule has 0 atom stereocenters. The number of ether oxygens (including phenoxy) is 2. The molecular weight excluding hydrogens is 322 g/mol. The zero-order valence-electron chi connectivity index (χ0n) is 16.7. The van der Waals surface area contributed by atoms with Crippen molar-refractivity contribution in [3.05, 3.63) is 52.6 Å². The topological polar surface area (TPSA) is 44.5 Å². The van der Waals surface area contributed by atoms with Crippen LogP contribution in [0.15, 0.2) is 30.3 Å². The molecule has 2 aromatic carbocycles. The molecule has 0 saturated carbocycles. The van der Waals surface area contributed by atoms with Gasteiger partial charge in [0.25, 0.3) is 0 Å². The Bertz CT molecular complexity index is 710. The van der Waals surface area contributed by atoms with E-state index in [1.54, 1.807) is 0 Å². The number of aryl methyl sites for hydroxylation is 2. The molecule has 3 nitrogen and oxygen atoms in total. The summed E-state index contributed by atoms with van der Waals surface area (Å²) in [6.07, 6.45) is 4.59.